The molecule has 0 aliphatic carbocycles. The van der Waals surface area contributed by atoms with Crippen molar-refractivity contribution in [2.75, 3.05) is 7.11 Å². The summed E-state index contributed by atoms with van der Waals surface area (Å²) in [5.74, 6) is 0.883. The first-order valence-corrected chi connectivity index (χ1v) is 9.06. The fraction of sp³-hybridized carbons (Fsp3) is 0.0435. The molecule has 0 atom stereocenters. The van der Waals surface area contributed by atoms with E-state index < -0.39 is 0 Å². The van der Waals surface area contributed by atoms with Crippen LogP contribution in [0.25, 0.3) is 43.1 Å². The average Bonchev–Trinajstić information content (AvgIpc) is 2.67. The lowest BCUT2D eigenvalue weighted by Gasteiger charge is -2.13. The number of halogens is 1. The second-order valence-electron chi connectivity index (χ2n) is 6.32. The molecule has 0 N–H and O–H groups in total. The first kappa shape index (κ1) is 14.7. The number of methoxy groups -OCH3 is 1. The summed E-state index contributed by atoms with van der Waals surface area (Å²) in [5, 5.41) is 10.0. The molecule has 0 aliphatic rings. The number of benzene rings is 5. The van der Waals surface area contributed by atoms with E-state index in [1.165, 1.54) is 43.1 Å². The summed E-state index contributed by atoms with van der Waals surface area (Å²) in [7, 11) is 1.72. The monoisotopic (exact) mass is 386 g/mol. The van der Waals surface area contributed by atoms with Gasteiger partial charge in [-0.25, -0.2) is 0 Å². The van der Waals surface area contributed by atoms with E-state index >= 15 is 0 Å². The standard InChI is InChI=1S/C23H15BrO/c1-25-17-10-8-16-12-21(24)19-11-9-15-7-6-14-4-2-3-5-18(14)22(15)23(19)20(16)13-17/h2-13H,1H3. The quantitative estimate of drug-likeness (QED) is 0.280. The van der Waals surface area contributed by atoms with Gasteiger partial charge in [0.05, 0.1) is 7.11 Å². The van der Waals surface area contributed by atoms with E-state index in [1.807, 2.05) is 6.07 Å². The highest BCUT2D eigenvalue weighted by molar-refractivity contribution is 9.10. The van der Waals surface area contributed by atoms with Crippen molar-refractivity contribution in [3.05, 3.63) is 77.3 Å². The molecular formula is C23H15BrO. The van der Waals surface area contributed by atoms with Gasteiger partial charge in [0.25, 0.3) is 0 Å². The Balaban J connectivity index is 2.15. The van der Waals surface area contributed by atoms with Gasteiger partial charge >= 0.3 is 0 Å². The summed E-state index contributed by atoms with van der Waals surface area (Å²) in [6.45, 7) is 0. The molecular weight excluding hydrogens is 372 g/mol. The van der Waals surface area contributed by atoms with E-state index in [0.29, 0.717) is 0 Å². The molecule has 0 fully saturated rings. The van der Waals surface area contributed by atoms with Crippen molar-refractivity contribution in [1.82, 2.24) is 0 Å². The molecule has 0 saturated heterocycles. The summed E-state index contributed by atoms with van der Waals surface area (Å²) in [4.78, 5) is 0. The normalized spacial score (nSPS) is 11.6. The van der Waals surface area contributed by atoms with Crippen molar-refractivity contribution < 1.29 is 4.74 Å². The van der Waals surface area contributed by atoms with E-state index in [1.54, 1.807) is 7.11 Å². The largest absolute Gasteiger partial charge is 0.497 e. The van der Waals surface area contributed by atoms with E-state index in [4.69, 9.17) is 4.74 Å². The van der Waals surface area contributed by atoms with E-state index in [2.05, 4.69) is 82.7 Å². The summed E-state index contributed by atoms with van der Waals surface area (Å²) < 4.78 is 6.61. The van der Waals surface area contributed by atoms with Crippen molar-refractivity contribution in [1.29, 1.82) is 0 Å². The average molecular weight is 387 g/mol. The number of fused-ring (bicyclic) bond motifs is 7. The minimum absolute atomic E-state index is 0.883. The molecule has 2 heteroatoms. The zero-order valence-electron chi connectivity index (χ0n) is 13.7. The summed E-state index contributed by atoms with van der Waals surface area (Å²) in [6.07, 6.45) is 0. The van der Waals surface area contributed by atoms with E-state index in [9.17, 15) is 0 Å². The second-order valence-corrected chi connectivity index (χ2v) is 7.17. The summed E-state index contributed by atoms with van der Waals surface area (Å²) in [5.41, 5.74) is 0. The molecule has 5 aromatic rings. The van der Waals surface area contributed by atoms with Gasteiger partial charge in [-0.05, 0) is 61.3 Å². The van der Waals surface area contributed by atoms with Crippen LogP contribution in [0.2, 0.25) is 0 Å². The van der Waals surface area contributed by atoms with Crippen LogP contribution in [0, 0.1) is 0 Å². The zero-order chi connectivity index (χ0) is 17.0. The Bertz CT molecular complexity index is 1290. The first-order valence-electron chi connectivity index (χ1n) is 8.27. The lowest BCUT2D eigenvalue weighted by molar-refractivity contribution is 0.415. The fourth-order valence-corrected chi connectivity index (χ4v) is 4.37. The SMILES string of the molecule is COc1ccc2cc(Br)c3ccc4ccc5ccccc5c4c3c2c1. The third-order valence-corrected chi connectivity index (χ3v) is 5.64. The first-order chi connectivity index (χ1) is 12.3. The highest BCUT2D eigenvalue weighted by Gasteiger charge is 2.12. The molecule has 0 amide bonds. The van der Waals surface area contributed by atoms with Crippen LogP contribution in [0.4, 0.5) is 0 Å². The van der Waals surface area contributed by atoms with Gasteiger partial charge in [-0.3, -0.25) is 0 Å². The maximum absolute atomic E-state index is 5.49. The van der Waals surface area contributed by atoms with Crippen LogP contribution < -0.4 is 4.74 Å². The molecule has 25 heavy (non-hydrogen) atoms. The van der Waals surface area contributed by atoms with Crippen molar-refractivity contribution in [2.45, 2.75) is 0 Å². The number of rotatable bonds is 1. The van der Waals surface area contributed by atoms with Crippen LogP contribution >= 0.6 is 15.9 Å². The molecule has 0 aliphatic heterocycles. The number of ether oxygens (including phenoxy) is 1. The third-order valence-electron chi connectivity index (χ3n) is 4.98. The molecule has 5 rings (SSSR count). The van der Waals surface area contributed by atoms with Crippen LogP contribution in [0.15, 0.2) is 77.3 Å². The van der Waals surface area contributed by atoms with Gasteiger partial charge in [0, 0.05) is 4.47 Å². The van der Waals surface area contributed by atoms with E-state index in [-0.39, 0.29) is 0 Å². The smallest absolute Gasteiger partial charge is 0.119 e. The Morgan fingerprint density at radius 2 is 1.40 bits per heavy atom. The highest BCUT2D eigenvalue weighted by atomic mass is 79.9. The zero-order valence-corrected chi connectivity index (χ0v) is 15.3. The van der Waals surface area contributed by atoms with Gasteiger partial charge in [0.2, 0.25) is 0 Å². The van der Waals surface area contributed by atoms with Crippen molar-refractivity contribution in [3.8, 4) is 5.75 Å². The topological polar surface area (TPSA) is 9.23 Å². The maximum atomic E-state index is 5.49. The van der Waals surface area contributed by atoms with Crippen molar-refractivity contribution in [3.63, 3.8) is 0 Å². The Kier molecular flexibility index (Phi) is 3.22. The molecule has 0 aromatic heterocycles. The molecule has 5 aromatic carbocycles. The molecule has 120 valence electrons. The number of hydrogen-bond donors (Lipinski definition) is 0. The predicted octanol–water partition coefficient (Wildman–Crippen LogP) is 7.07. The molecule has 1 nitrogen and oxygen atoms in total. The Labute approximate surface area is 154 Å². The second kappa shape index (κ2) is 5.47. The molecule has 0 radical (unpaired) electrons. The minimum Gasteiger partial charge on any atom is -0.497 e. The van der Waals surface area contributed by atoms with Crippen LogP contribution in [0.5, 0.6) is 5.75 Å². The van der Waals surface area contributed by atoms with Gasteiger partial charge in [-0.2, -0.15) is 0 Å². The van der Waals surface area contributed by atoms with Crippen LogP contribution in [0.1, 0.15) is 0 Å². The molecule has 0 spiro atoms. The molecule has 0 heterocycles. The lowest BCUT2D eigenvalue weighted by atomic mass is 9.93. The van der Waals surface area contributed by atoms with E-state index in [0.717, 1.165) is 10.2 Å². The lowest BCUT2D eigenvalue weighted by Crippen LogP contribution is -1.87. The summed E-state index contributed by atoms with van der Waals surface area (Å²) >= 11 is 3.77. The highest BCUT2D eigenvalue weighted by Crippen LogP contribution is 2.40. The van der Waals surface area contributed by atoms with Crippen LogP contribution in [-0.4, -0.2) is 7.11 Å². The number of hydrogen-bond acceptors (Lipinski definition) is 1. The third kappa shape index (κ3) is 2.14. The Hall–Kier alpha value is -2.58. The van der Waals surface area contributed by atoms with Gasteiger partial charge < -0.3 is 4.74 Å². The summed E-state index contributed by atoms with van der Waals surface area (Å²) in [6, 6.07) is 25.9. The molecule has 0 unspecified atom stereocenters. The predicted molar refractivity (Wildman–Crippen MR) is 111 cm³/mol. The van der Waals surface area contributed by atoms with Crippen LogP contribution in [0.3, 0.4) is 0 Å². The van der Waals surface area contributed by atoms with Crippen molar-refractivity contribution >= 4 is 59.0 Å². The molecule has 0 saturated carbocycles. The minimum atomic E-state index is 0.883. The Morgan fingerprint density at radius 1 is 0.640 bits per heavy atom. The van der Waals surface area contributed by atoms with Gasteiger partial charge in [-0.15, -0.1) is 0 Å². The van der Waals surface area contributed by atoms with Crippen molar-refractivity contribution in [2.24, 2.45) is 0 Å². The maximum Gasteiger partial charge on any atom is 0.119 e. The van der Waals surface area contributed by atoms with Gasteiger partial charge in [-0.1, -0.05) is 70.5 Å². The van der Waals surface area contributed by atoms with Gasteiger partial charge in [0.15, 0.2) is 0 Å². The molecule has 0 bridgehead atoms. The van der Waals surface area contributed by atoms with Crippen LogP contribution in [-0.2, 0) is 0 Å². The Morgan fingerprint density at radius 3 is 2.28 bits per heavy atom. The fourth-order valence-electron chi connectivity index (χ4n) is 3.80. The van der Waals surface area contributed by atoms with Gasteiger partial charge in [0.1, 0.15) is 5.75 Å².